The molecule has 8 heteroatoms. The molecule has 0 aliphatic heterocycles. The number of amides is 2. The van der Waals surface area contributed by atoms with E-state index in [1.807, 2.05) is 24.3 Å². The fraction of sp³-hybridized carbons (Fsp3) is 0.143. The number of rotatable bonds is 5. The second-order valence-electron chi connectivity index (χ2n) is 4.42. The quantitative estimate of drug-likeness (QED) is 0.752. The van der Waals surface area contributed by atoms with E-state index in [0.717, 1.165) is 10.2 Å². The van der Waals surface area contributed by atoms with Gasteiger partial charge in [-0.15, -0.1) is 11.3 Å². The van der Waals surface area contributed by atoms with Crippen LogP contribution in [0.2, 0.25) is 0 Å². The monoisotopic (exact) mass is 332 g/mol. The lowest BCUT2D eigenvalue weighted by atomic mass is 10.3. The van der Waals surface area contributed by atoms with Crippen LogP contribution in [0.15, 0.2) is 35.8 Å². The first-order chi connectivity index (χ1) is 10.7. The van der Waals surface area contributed by atoms with Crippen molar-refractivity contribution in [3.05, 3.63) is 35.8 Å². The first-order valence-corrected chi connectivity index (χ1v) is 8.25. The number of hydrogen-bond acceptors (Lipinski definition) is 6. The van der Waals surface area contributed by atoms with Crippen molar-refractivity contribution < 1.29 is 9.59 Å². The predicted octanol–water partition coefficient (Wildman–Crippen LogP) is 3.11. The zero-order chi connectivity index (χ0) is 15.4. The Morgan fingerprint density at radius 2 is 1.77 bits per heavy atom. The summed E-state index contributed by atoms with van der Waals surface area (Å²) in [5.74, 6) is -0.456. The lowest BCUT2D eigenvalue weighted by Gasteiger charge is -2.02. The molecule has 2 heterocycles. The van der Waals surface area contributed by atoms with Crippen LogP contribution in [-0.2, 0) is 9.59 Å². The fourth-order valence-corrected chi connectivity index (χ4v) is 3.23. The van der Waals surface area contributed by atoms with Gasteiger partial charge in [0.2, 0.25) is 11.8 Å². The van der Waals surface area contributed by atoms with Crippen molar-refractivity contribution in [2.45, 2.75) is 12.8 Å². The molecule has 0 spiro atoms. The molecule has 0 saturated heterocycles. The zero-order valence-corrected chi connectivity index (χ0v) is 13.0. The lowest BCUT2D eigenvalue weighted by Crippen LogP contribution is -2.17. The van der Waals surface area contributed by atoms with Crippen LogP contribution >= 0.6 is 22.7 Å². The molecule has 2 N–H and O–H groups in total. The summed E-state index contributed by atoms with van der Waals surface area (Å²) in [6.07, 6.45) is 1.82. The number of para-hydroxylation sites is 1. The van der Waals surface area contributed by atoms with Crippen LogP contribution in [0.25, 0.3) is 10.2 Å². The highest BCUT2D eigenvalue weighted by Gasteiger charge is 2.10. The van der Waals surface area contributed by atoms with E-state index >= 15 is 0 Å². The molecule has 0 radical (unpaired) electrons. The van der Waals surface area contributed by atoms with E-state index in [9.17, 15) is 9.59 Å². The van der Waals surface area contributed by atoms with Crippen LogP contribution < -0.4 is 10.6 Å². The Bertz CT molecular complexity index is 765. The van der Waals surface area contributed by atoms with Crippen LogP contribution in [0.5, 0.6) is 0 Å². The second-order valence-corrected chi connectivity index (χ2v) is 6.35. The smallest absolute Gasteiger partial charge is 0.226 e. The summed E-state index contributed by atoms with van der Waals surface area (Å²) in [6, 6.07) is 7.67. The van der Waals surface area contributed by atoms with Gasteiger partial charge in [-0.1, -0.05) is 23.5 Å². The Balaban J connectivity index is 1.50. The number of fused-ring (bicyclic) bond motifs is 1. The number of thiazole rings is 2. The number of hydrogen-bond donors (Lipinski definition) is 2. The van der Waals surface area contributed by atoms with Crippen molar-refractivity contribution in [1.82, 2.24) is 9.97 Å². The van der Waals surface area contributed by atoms with Gasteiger partial charge in [0.1, 0.15) is 0 Å². The third kappa shape index (κ3) is 3.66. The molecule has 112 valence electrons. The van der Waals surface area contributed by atoms with Gasteiger partial charge < -0.3 is 10.6 Å². The molecular weight excluding hydrogens is 320 g/mol. The molecule has 3 rings (SSSR count). The van der Waals surface area contributed by atoms with Crippen molar-refractivity contribution >= 4 is 55.0 Å². The Labute approximate surface area is 134 Å². The minimum absolute atomic E-state index is 0.104. The van der Waals surface area contributed by atoms with Gasteiger partial charge in [0.25, 0.3) is 0 Å². The van der Waals surface area contributed by atoms with Gasteiger partial charge in [-0.25, -0.2) is 9.97 Å². The van der Waals surface area contributed by atoms with Crippen LogP contribution in [0.4, 0.5) is 10.3 Å². The maximum absolute atomic E-state index is 11.9. The molecular formula is C14H12N4O2S2. The summed E-state index contributed by atoms with van der Waals surface area (Å²) in [5.41, 5.74) is 0.851. The van der Waals surface area contributed by atoms with Crippen molar-refractivity contribution in [2.75, 3.05) is 10.6 Å². The van der Waals surface area contributed by atoms with Gasteiger partial charge in [0, 0.05) is 24.4 Å². The van der Waals surface area contributed by atoms with E-state index in [2.05, 4.69) is 20.6 Å². The number of carbonyl (C=O) groups is 2. The van der Waals surface area contributed by atoms with Crippen LogP contribution in [0.3, 0.4) is 0 Å². The van der Waals surface area contributed by atoms with E-state index in [4.69, 9.17) is 0 Å². The van der Waals surface area contributed by atoms with Crippen LogP contribution in [0, 0.1) is 0 Å². The third-order valence-electron chi connectivity index (χ3n) is 2.80. The Kier molecular flexibility index (Phi) is 4.40. The molecule has 3 aromatic rings. The van der Waals surface area contributed by atoms with Crippen molar-refractivity contribution in [2.24, 2.45) is 0 Å². The second kappa shape index (κ2) is 6.63. The first-order valence-electron chi connectivity index (χ1n) is 6.55. The van der Waals surface area contributed by atoms with Crippen LogP contribution in [-0.4, -0.2) is 21.8 Å². The number of nitrogens with zero attached hydrogens (tertiary/aromatic N) is 2. The lowest BCUT2D eigenvalue weighted by molar-refractivity contribution is -0.121. The van der Waals surface area contributed by atoms with Crippen molar-refractivity contribution in [3.8, 4) is 0 Å². The average molecular weight is 332 g/mol. The highest BCUT2D eigenvalue weighted by atomic mass is 32.1. The van der Waals surface area contributed by atoms with Gasteiger partial charge in [-0.05, 0) is 12.1 Å². The minimum atomic E-state index is -0.228. The van der Waals surface area contributed by atoms with Gasteiger partial charge in [-0.2, -0.15) is 0 Å². The molecule has 6 nitrogen and oxygen atoms in total. The van der Waals surface area contributed by atoms with E-state index in [0.29, 0.717) is 10.3 Å². The molecule has 0 fully saturated rings. The van der Waals surface area contributed by atoms with E-state index < -0.39 is 0 Å². The molecule has 0 unspecified atom stereocenters. The van der Waals surface area contributed by atoms with Gasteiger partial charge in [0.15, 0.2) is 10.3 Å². The summed E-state index contributed by atoms with van der Waals surface area (Å²) in [6.45, 7) is 0. The summed E-state index contributed by atoms with van der Waals surface area (Å²) < 4.78 is 1.01. The molecule has 0 bridgehead atoms. The number of benzene rings is 1. The molecule has 0 saturated carbocycles. The van der Waals surface area contributed by atoms with Gasteiger partial charge in [-0.3, -0.25) is 9.59 Å². The molecule has 0 atom stereocenters. The van der Waals surface area contributed by atoms with E-state index in [-0.39, 0.29) is 24.7 Å². The summed E-state index contributed by atoms with van der Waals surface area (Å²) in [5, 5.41) is 8.22. The van der Waals surface area contributed by atoms with Crippen LogP contribution in [0.1, 0.15) is 12.8 Å². The molecule has 0 aliphatic carbocycles. The fourth-order valence-electron chi connectivity index (χ4n) is 1.80. The average Bonchev–Trinajstić information content (AvgIpc) is 3.13. The largest absolute Gasteiger partial charge is 0.302 e. The Hall–Kier alpha value is -2.32. The third-order valence-corrected chi connectivity index (χ3v) is 4.44. The summed E-state index contributed by atoms with van der Waals surface area (Å²) >= 11 is 2.75. The van der Waals surface area contributed by atoms with E-state index in [1.54, 1.807) is 11.6 Å². The number of anilines is 2. The number of nitrogens with one attached hydrogen (secondary N) is 2. The molecule has 2 amide bonds. The Morgan fingerprint density at radius 3 is 2.45 bits per heavy atom. The summed E-state index contributed by atoms with van der Waals surface area (Å²) in [4.78, 5) is 31.8. The number of carbonyl (C=O) groups excluding carboxylic acids is 2. The highest BCUT2D eigenvalue weighted by molar-refractivity contribution is 7.22. The highest BCUT2D eigenvalue weighted by Crippen LogP contribution is 2.25. The molecule has 0 aliphatic rings. The molecule has 22 heavy (non-hydrogen) atoms. The minimum Gasteiger partial charge on any atom is -0.302 e. The van der Waals surface area contributed by atoms with Gasteiger partial charge >= 0.3 is 0 Å². The van der Waals surface area contributed by atoms with Gasteiger partial charge in [0.05, 0.1) is 10.2 Å². The predicted molar refractivity (Wildman–Crippen MR) is 88.2 cm³/mol. The topological polar surface area (TPSA) is 84.0 Å². The first kappa shape index (κ1) is 14.6. The maximum atomic E-state index is 11.9. The summed E-state index contributed by atoms with van der Waals surface area (Å²) in [7, 11) is 0. The standard InChI is InChI=1S/C14H12N4O2S2/c19-11(17-13-15-7-8-21-13)5-6-12(20)18-14-16-9-3-1-2-4-10(9)22-14/h1-4,7-8H,5-6H2,(H,15,17,19)(H,16,18,20). The number of aromatic nitrogens is 2. The zero-order valence-electron chi connectivity index (χ0n) is 11.4. The SMILES string of the molecule is O=C(CCC(=O)Nc1nc2ccccc2s1)Nc1nccs1. The normalized spacial score (nSPS) is 10.5. The van der Waals surface area contributed by atoms with Crippen molar-refractivity contribution in [3.63, 3.8) is 0 Å². The maximum Gasteiger partial charge on any atom is 0.226 e. The molecule has 1 aromatic carbocycles. The Morgan fingerprint density at radius 1 is 1.05 bits per heavy atom. The molecule has 2 aromatic heterocycles. The van der Waals surface area contributed by atoms with E-state index in [1.165, 1.54) is 22.7 Å². The van der Waals surface area contributed by atoms with Crippen molar-refractivity contribution in [1.29, 1.82) is 0 Å².